The van der Waals surface area contributed by atoms with Gasteiger partial charge in [0.15, 0.2) is 0 Å². The molecule has 7 heteroatoms. The Hall–Kier alpha value is -1.34. The first-order valence-electron chi connectivity index (χ1n) is 12.8. The minimum Gasteiger partial charge on any atom is -0.356 e. The maximum atomic E-state index is 12.4. The van der Waals surface area contributed by atoms with Crippen molar-refractivity contribution in [3.63, 3.8) is 0 Å². The molecular weight excluding hydrogens is 390 g/mol. The van der Waals surface area contributed by atoms with Crippen molar-refractivity contribution in [3.8, 4) is 0 Å². The fourth-order valence-corrected chi connectivity index (χ4v) is 4.60. The summed E-state index contributed by atoms with van der Waals surface area (Å²) >= 11 is 0. The molecule has 2 aliphatic rings. The van der Waals surface area contributed by atoms with Crippen LogP contribution in [0, 0.1) is 11.8 Å². The van der Waals surface area contributed by atoms with Crippen molar-refractivity contribution in [2.45, 2.75) is 65.7 Å². The Labute approximate surface area is 190 Å². The van der Waals surface area contributed by atoms with Crippen molar-refractivity contribution in [2.75, 3.05) is 65.4 Å². The number of unbranched alkanes of at least 4 members (excludes halogenated alkanes) is 1. The summed E-state index contributed by atoms with van der Waals surface area (Å²) in [5.74, 6) is 1.08. The molecule has 0 radical (unpaired) electrons. The molecule has 2 saturated heterocycles. The van der Waals surface area contributed by atoms with Crippen molar-refractivity contribution in [2.24, 2.45) is 11.8 Å². The van der Waals surface area contributed by atoms with Crippen LogP contribution >= 0.6 is 0 Å². The number of hydrogen-bond donors (Lipinski definition) is 2. The highest BCUT2D eigenvalue weighted by molar-refractivity contribution is 5.79. The smallest absolute Gasteiger partial charge is 0.317 e. The van der Waals surface area contributed by atoms with Crippen molar-refractivity contribution < 1.29 is 9.59 Å². The van der Waals surface area contributed by atoms with Crippen LogP contribution in [0.15, 0.2) is 0 Å². The summed E-state index contributed by atoms with van der Waals surface area (Å²) in [5.41, 5.74) is 0. The van der Waals surface area contributed by atoms with E-state index in [9.17, 15) is 9.59 Å². The number of carbonyl (C=O) groups excluding carboxylic acids is 2. The van der Waals surface area contributed by atoms with Gasteiger partial charge in [0.1, 0.15) is 0 Å². The Kier molecular flexibility index (Phi) is 12.3. The molecule has 2 N–H and O–H groups in total. The van der Waals surface area contributed by atoms with E-state index in [0.717, 1.165) is 77.3 Å². The molecule has 2 aliphatic heterocycles. The maximum Gasteiger partial charge on any atom is 0.317 e. The van der Waals surface area contributed by atoms with E-state index >= 15 is 0 Å². The molecule has 2 heterocycles. The number of piperidine rings is 2. The lowest BCUT2D eigenvalue weighted by Gasteiger charge is -2.31. The zero-order valence-electron chi connectivity index (χ0n) is 20.3. The Morgan fingerprint density at radius 1 is 0.871 bits per heavy atom. The SMILES string of the molecule is CCN(CC)CCCNC(=O)C1CCN(C(=O)NCCCCN2CCC(C)CC2)CC1. The molecule has 0 aromatic carbocycles. The van der Waals surface area contributed by atoms with Crippen molar-refractivity contribution >= 4 is 11.9 Å². The molecule has 0 atom stereocenters. The molecule has 0 aromatic heterocycles. The molecule has 2 rings (SSSR count). The van der Waals surface area contributed by atoms with E-state index in [1.54, 1.807) is 0 Å². The van der Waals surface area contributed by atoms with Crippen LogP contribution in [0.25, 0.3) is 0 Å². The first-order chi connectivity index (χ1) is 15.0. The number of amides is 3. The van der Waals surface area contributed by atoms with E-state index in [4.69, 9.17) is 0 Å². The maximum absolute atomic E-state index is 12.4. The van der Waals surface area contributed by atoms with Gasteiger partial charge in [-0.15, -0.1) is 0 Å². The zero-order chi connectivity index (χ0) is 22.5. The topological polar surface area (TPSA) is 67.9 Å². The Morgan fingerprint density at radius 3 is 2.16 bits per heavy atom. The third-order valence-corrected chi connectivity index (χ3v) is 7.05. The van der Waals surface area contributed by atoms with Gasteiger partial charge in [0.2, 0.25) is 5.91 Å². The lowest BCUT2D eigenvalue weighted by Crippen LogP contribution is -2.47. The number of urea groups is 1. The van der Waals surface area contributed by atoms with Gasteiger partial charge in [0.05, 0.1) is 0 Å². The second kappa shape index (κ2) is 14.7. The number of rotatable bonds is 12. The van der Waals surface area contributed by atoms with E-state index in [1.807, 2.05) is 4.90 Å². The average molecular weight is 438 g/mol. The summed E-state index contributed by atoms with van der Waals surface area (Å²) in [6, 6.07) is 0.0323. The monoisotopic (exact) mass is 437 g/mol. The number of hydrogen-bond acceptors (Lipinski definition) is 4. The minimum atomic E-state index is 0.0323. The highest BCUT2D eigenvalue weighted by Crippen LogP contribution is 2.18. The van der Waals surface area contributed by atoms with Gasteiger partial charge in [0.25, 0.3) is 0 Å². The normalized spacial score (nSPS) is 19.0. The second-order valence-corrected chi connectivity index (χ2v) is 9.40. The molecule has 0 aromatic rings. The van der Waals surface area contributed by atoms with Crippen molar-refractivity contribution in [3.05, 3.63) is 0 Å². The molecule has 0 bridgehead atoms. The van der Waals surface area contributed by atoms with Crippen molar-refractivity contribution in [1.82, 2.24) is 25.3 Å². The highest BCUT2D eigenvalue weighted by Gasteiger charge is 2.27. The van der Waals surface area contributed by atoms with Crippen molar-refractivity contribution in [1.29, 1.82) is 0 Å². The lowest BCUT2D eigenvalue weighted by molar-refractivity contribution is -0.126. The third kappa shape index (κ3) is 9.77. The first kappa shape index (κ1) is 25.9. The highest BCUT2D eigenvalue weighted by atomic mass is 16.2. The third-order valence-electron chi connectivity index (χ3n) is 7.05. The summed E-state index contributed by atoms with van der Waals surface area (Å²) < 4.78 is 0. The Balaban J connectivity index is 1.50. The van der Waals surface area contributed by atoms with Crippen LogP contribution in [-0.2, 0) is 4.79 Å². The largest absolute Gasteiger partial charge is 0.356 e. The van der Waals surface area contributed by atoms with Gasteiger partial charge in [-0.2, -0.15) is 0 Å². The van der Waals surface area contributed by atoms with Gasteiger partial charge in [-0.1, -0.05) is 20.8 Å². The van der Waals surface area contributed by atoms with E-state index in [2.05, 4.69) is 41.2 Å². The van der Waals surface area contributed by atoms with Crippen LogP contribution < -0.4 is 10.6 Å². The summed E-state index contributed by atoms with van der Waals surface area (Å²) in [5, 5.41) is 6.16. The second-order valence-electron chi connectivity index (χ2n) is 9.40. The molecule has 0 aliphatic carbocycles. The summed E-state index contributed by atoms with van der Waals surface area (Å²) in [7, 11) is 0. The van der Waals surface area contributed by atoms with Gasteiger partial charge in [-0.25, -0.2) is 4.79 Å². The quantitative estimate of drug-likeness (QED) is 0.461. The molecular formula is C24H47N5O2. The van der Waals surface area contributed by atoms with E-state index in [-0.39, 0.29) is 17.9 Å². The van der Waals surface area contributed by atoms with Gasteiger partial charge in [0, 0.05) is 32.1 Å². The first-order valence-corrected chi connectivity index (χ1v) is 12.8. The number of carbonyl (C=O) groups is 2. The molecule has 0 unspecified atom stereocenters. The van der Waals surface area contributed by atoms with Crippen LogP contribution in [0.2, 0.25) is 0 Å². The molecule has 3 amide bonds. The van der Waals surface area contributed by atoms with Crippen LogP contribution in [0.5, 0.6) is 0 Å². The van der Waals surface area contributed by atoms with Crippen LogP contribution in [0.3, 0.4) is 0 Å². The molecule has 180 valence electrons. The predicted octanol–water partition coefficient (Wildman–Crippen LogP) is 2.77. The lowest BCUT2D eigenvalue weighted by atomic mass is 9.96. The van der Waals surface area contributed by atoms with Crippen LogP contribution in [-0.4, -0.2) is 92.1 Å². The summed E-state index contributed by atoms with van der Waals surface area (Å²) in [6.07, 6.45) is 7.34. The molecule has 0 saturated carbocycles. The minimum absolute atomic E-state index is 0.0323. The summed E-state index contributed by atoms with van der Waals surface area (Å²) in [4.78, 5) is 31.6. The fourth-order valence-electron chi connectivity index (χ4n) is 4.60. The fraction of sp³-hybridized carbons (Fsp3) is 0.917. The number of nitrogens with one attached hydrogen (secondary N) is 2. The Morgan fingerprint density at radius 2 is 1.52 bits per heavy atom. The van der Waals surface area contributed by atoms with Crippen LogP contribution in [0.4, 0.5) is 4.79 Å². The van der Waals surface area contributed by atoms with Gasteiger partial charge >= 0.3 is 6.03 Å². The predicted molar refractivity (Wildman–Crippen MR) is 127 cm³/mol. The zero-order valence-corrected chi connectivity index (χ0v) is 20.3. The van der Waals surface area contributed by atoms with Gasteiger partial charge in [-0.3, -0.25) is 4.79 Å². The van der Waals surface area contributed by atoms with Crippen LogP contribution in [0.1, 0.15) is 65.7 Å². The number of nitrogens with zero attached hydrogens (tertiary/aromatic N) is 3. The van der Waals surface area contributed by atoms with E-state index < -0.39 is 0 Å². The van der Waals surface area contributed by atoms with Gasteiger partial charge in [-0.05, 0) is 90.1 Å². The molecule has 7 nitrogen and oxygen atoms in total. The molecule has 0 spiro atoms. The summed E-state index contributed by atoms with van der Waals surface area (Å²) in [6.45, 7) is 16.3. The Bertz CT molecular complexity index is 510. The molecule has 31 heavy (non-hydrogen) atoms. The van der Waals surface area contributed by atoms with Gasteiger partial charge < -0.3 is 25.3 Å². The molecule has 2 fully saturated rings. The number of likely N-dealkylation sites (tertiary alicyclic amines) is 2. The van der Waals surface area contributed by atoms with E-state index in [0.29, 0.717) is 13.1 Å². The van der Waals surface area contributed by atoms with E-state index in [1.165, 1.54) is 25.9 Å². The standard InChI is InChI=1S/C24H47N5O2/c1-4-27(5-2)16-8-14-25-23(30)22-11-19-29(20-12-22)24(31)26-13-6-7-15-28-17-9-21(3)10-18-28/h21-22H,4-20H2,1-3H3,(H,25,30)(H,26,31). The average Bonchev–Trinajstić information content (AvgIpc) is 2.80.